The van der Waals surface area contributed by atoms with E-state index in [4.69, 9.17) is 4.74 Å². The van der Waals surface area contributed by atoms with Crippen molar-refractivity contribution in [1.82, 2.24) is 4.90 Å². The van der Waals surface area contributed by atoms with E-state index in [0.29, 0.717) is 12.3 Å². The molecule has 0 unspecified atom stereocenters. The summed E-state index contributed by atoms with van der Waals surface area (Å²) in [4.78, 5) is 31.6. The number of ether oxygens (including phenoxy) is 1. The number of imide groups is 1. The molecule has 0 aromatic heterocycles. The van der Waals surface area contributed by atoms with Gasteiger partial charge in [0.05, 0.1) is 24.8 Å². The average Bonchev–Trinajstić information content (AvgIpc) is 3.09. The number of nitrogens with zero attached hydrogens (tertiary/aromatic N) is 3. The van der Waals surface area contributed by atoms with Crippen LogP contribution in [0, 0.1) is 0 Å². The van der Waals surface area contributed by atoms with Crippen LogP contribution in [-0.4, -0.2) is 55.5 Å². The van der Waals surface area contributed by atoms with Gasteiger partial charge in [0, 0.05) is 31.9 Å². The van der Waals surface area contributed by atoms with Crippen molar-refractivity contribution in [3.63, 3.8) is 0 Å². The second kappa shape index (κ2) is 9.30. The lowest BCUT2D eigenvalue weighted by Gasteiger charge is -2.38. The summed E-state index contributed by atoms with van der Waals surface area (Å²) in [6.45, 7) is 6.05. The van der Waals surface area contributed by atoms with E-state index in [9.17, 15) is 9.59 Å². The van der Waals surface area contributed by atoms with E-state index in [1.165, 1.54) is 10.6 Å². The fourth-order valence-corrected chi connectivity index (χ4v) is 4.13. The zero-order valence-corrected chi connectivity index (χ0v) is 17.5. The molecule has 2 fully saturated rings. The highest BCUT2D eigenvalue weighted by Crippen LogP contribution is 2.28. The highest BCUT2D eigenvalue weighted by Gasteiger charge is 2.43. The quantitative estimate of drug-likeness (QED) is 0.521. The van der Waals surface area contributed by atoms with Crippen LogP contribution in [0.25, 0.3) is 0 Å². The van der Waals surface area contributed by atoms with Crippen molar-refractivity contribution in [2.45, 2.75) is 32.2 Å². The predicted molar refractivity (Wildman–Crippen MR) is 118 cm³/mol. The molecule has 0 aliphatic carbocycles. The Morgan fingerprint density at radius 2 is 1.60 bits per heavy atom. The minimum atomic E-state index is -0.365. The van der Waals surface area contributed by atoms with Crippen LogP contribution in [-0.2, 0) is 9.59 Å². The molecule has 0 spiro atoms. The van der Waals surface area contributed by atoms with Crippen LogP contribution >= 0.6 is 0 Å². The molecule has 158 valence electrons. The van der Waals surface area contributed by atoms with Crippen molar-refractivity contribution in [2.24, 2.45) is 0 Å². The smallest absolute Gasteiger partial charge is 0.251 e. The molecule has 30 heavy (non-hydrogen) atoms. The predicted octanol–water partition coefficient (Wildman–Crippen LogP) is 3.32. The lowest BCUT2D eigenvalue weighted by atomic mass is 10.1. The summed E-state index contributed by atoms with van der Waals surface area (Å²) in [6.07, 6.45) is 2.33. The van der Waals surface area contributed by atoms with E-state index in [-0.39, 0.29) is 24.3 Å². The summed E-state index contributed by atoms with van der Waals surface area (Å²) < 4.78 is 5.68. The number of amides is 2. The molecule has 1 atom stereocenters. The number of carbonyl (C=O) groups excluding carboxylic acids is 2. The van der Waals surface area contributed by atoms with Gasteiger partial charge in [0.15, 0.2) is 0 Å². The minimum absolute atomic E-state index is 0.118. The summed E-state index contributed by atoms with van der Waals surface area (Å²) in [6, 6.07) is 17.2. The van der Waals surface area contributed by atoms with Crippen molar-refractivity contribution < 1.29 is 14.3 Å². The first kappa shape index (κ1) is 20.4. The molecule has 2 aromatic rings. The van der Waals surface area contributed by atoms with E-state index in [1.54, 1.807) is 12.1 Å². The monoisotopic (exact) mass is 407 g/mol. The zero-order valence-electron chi connectivity index (χ0n) is 17.5. The molecule has 6 heteroatoms. The molecular formula is C24H29N3O3. The SMILES string of the molecule is CCCCOc1ccc(N2C(=O)C[C@@H](N3CCN(c4ccccc4)CC3)C2=O)cc1. The summed E-state index contributed by atoms with van der Waals surface area (Å²) in [7, 11) is 0. The van der Waals surface area contributed by atoms with Gasteiger partial charge < -0.3 is 9.64 Å². The number of hydrogen-bond acceptors (Lipinski definition) is 5. The zero-order chi connectivity index (χ0) is 20.9. The van der Waals surface area contributed by atoms with E-state index in [2.05, 4.69) is 28.9 Å². The molecule has 0 bridgehead atoms. The summed E-state index contributed by atoms with van der Waals surface area (Å²) >= 11 is 0. The maximum absolute atomic E-state index is 13.1. The third-order valence-corrected chi connectivity index (χ3v) is 5.86. The number of piperazine rings is 1. The van der Waals surface area contributed by atoms with Crippen LogP contribution in [0.15, 0.2) is 54.6 Å². The summed E-state index contributed by atoms with van der Waals surface area (Å²) in [5, 5.41) is 0. The number of benzene rings is 2. The number of anilines is 2. The van der Waals surface area contributed by atoms with Crippen LogP contribution in [0.1, 0.15) is 26.2 Å². The van der Waals surface area contributed by atoms with Gasteiger partial charge in [0.2, 0.25) is 5.91 Å². The molecule has 6 nitrogen and oxygen atoms in total. The number of para-hydroxylation sites is 1. The van der Waals surface area contributed by atoms with Crippen molar-refractivity contribution in [3.8, 4) is 5.75 Å². The van der Waals surface area contributed by atoms with Crippen molar-refractivity contribution >= 4 is 23.2 Å². The first-order valence-electron chi connectivity index (χ1n) is 10.8. The fraction of sp³-hybridized carbons (Fsp3) is 0.417. The maximum atomic E-state index is 13.1. The van der Waals surface area contributed by atoms with Gasteiger partial charge in [-0.25, -0.2) is 4.90 Å². The minimum Gasteiger partial charge on any atom is -0.494 e. The second-order valence-electron chi connectivity index (χ2n) is 7.84. The van der Waals surface area contributed by atoms with Gasteiger partial charge in [-0.2, -0.15) is 0 Å². The van der Waals surface area contributed by atoms with Gasteiger partial charge in [-0.05, 0) is 42.8 Å². The van der Waals surface area contributed by atoms with Crippen molar-refractivity contribution in [3.05, 3.63) is 54.6 Å². The molecular weight excluding hydrogens is 378 g/mol. The Labute approximate surface area is 178 Å². The Balaban J connectivity index is 1.37. The molecule has 0 saturated carbocycles. The molecule has 2 aromatic carbocycles. The number of hydrogen-bond donors (Lipinski definition) is 0. The lowest BCUT2D eigenvalue weighted by molar-refractivity contribution is -0.123. The maximum Gasteiger partial charge on any atom is 0.251 e. The van der Waals surface area contributed by atoms with Crippen LogP contribution in [0.3, 0.4) is 0 Å². The Hall–Kier alpha value is -2.86. The van der Waals surface area contributed by atoms with Gasteiger partial charge in [0.1, 0.15) is 5.75 Å². The first-order valence-corrected chi connectivity index (χ1v) is 10.8. The molecule has 0 radical (unpaired) electrons. The summed E-state index contributed by atoms with van der Waals surface area (Å²) in [5.41, 5.74) is 1.83. The first-order chi connectivity index (χ1) is 14.7. The standard InChI is InChI=1S/C24H29N3O3/c1-2-3-17-30-21-11-9-20(10-12-21)27-23(28)18-22(24(27)29)26-15-13-25(14-16-26)19-7-5-4-6-8-19/h4-12,22H,2-3,13-18H2,1H3/t22-/m1/s1. The largest absolute Gasteiger partial charge is 0.494 e. The highest BCUT2D eigenvalue weighted by molar-refractivity contribution is 6.22. The molecule has 2 heterocycles. The Morgan fingerprint density at radius 1 is 0.900 bits per heavy atom. The highest BCUT2D eigenvalue weighted by atomic mass is 16.5. The van der Waals surface area contributed by atoms with Crippen LogP contribution < -0.4 is 14.5 Å². The van der Waals surface area contributed by atoms with Gasteiger partial charge in [-0.1, -0.05) is 31.5 Å². The number of carbonyl (C=O) groups is 2. The molecule has 2 aliphatic rings. The Kier molecular flexibility index (Phi) is 6.33. The van der Waals surface area contributed by atoms with Gasteiger partial charge in [-0.3, -0.25) is 14.5 Å². The molecule has 2 amide bonds. The normalized spacial score (nSPS) is 20.1. The van der Waals surface area contributed by atoms with E-state index >= 15 is 0 Å². The fourth-order valence-electron chi connectivity index (χ4n) is 4.13. The Morgan fingerprint density at radius 3 is 2.27 bits per heavy atom. The van der Waals surface area contributed by atoms with Gasteiger partial charge in [-0.15, -0.1) is 0 Å². The van der Waals surface area contributed by atoms with Crippen LogP contribution in [0.5, 0.6) is 5.75 Å². The Bertz CT molecular complexity index is 861. The van der Waals surface area contributed by atoms with E-state index in [0.717, 1.165) is 44.8 Å². The van der Waals surface area contributed by atoms with Crippen LogP contribution in [0.4, 0.5) is 11.4 Å². The molecule has 0 N–H and O–H groups in total. The van der Waals surface area contributed by atoms with E-state index in [1.807, 2.05) is 30.3 Å². The molecule has 4 rings (SSSR count). The van der Waals surface area contributed by atoms with Gasteiger partial charge in [0.25, 0.3) is 5.91 Å². The van der Waals surface area contributed by atoms with Crippen molar-refractivity contribution in [1.29, 1.82) is 0 Å². The topological polar surface area (TPSA) is 53.1 Å². The third-order valence-electron chi connectivity index (χ3n) is 5.86. The van der Waals surface area contributed by atoms with Crippen LogP contribution in [0.2, 0.25) is 0 Å². The second-order valence-corrected chi connectivity index (χ2v) is 7.84. The third kappa shape index (κ3) is 4.33. The summed E-state index contributed by atoms with van der Waals surface area (Å²) in [5.74, 6) is 0.517. The lowest BCUT2D eigenvalue weighted by Crippen LogP contribution is -2.52. The molecule has 2 aliphatic heterocycles. The van der Waals surface area contributed by atoms with E-state index < -0.39 is 0 Å². The van der Waals surface area contributed by atoms with Crippen molar-refractivity contribution in [2.75, 3.05) is 42.6 Å². The van der Waals surface area contributed by atoms with Gasteiger partial charge >= 0.3 is 0 Å². The number of unbranched alkanes of at least 4 members (excludes halogenated alkanes) is 1. The average molecular weight is 408 g/mol. The number of rotatable bonds is 7. The molecule has 2 saturated heterocycles.